The Morgan fingerprint density at radius 2 is 1.71 bits per heavy atom. The van der Waals surface area contributed by atoms with Crippen LogP contribution >= 0.6 is 11.8 Å². The lowest BCUT2D eigenvalue weighted by molar-refractivity contribution is -0.274. The van der Waals surface area contributed by atoms with E-state index in [2.05, 4.69) is 10.1 Å². The van der Waals surface area contributed by atoms with Crippen molar-refractivity contribution < 1.29 is 22.7 Å². The first-order chi connectivity index (χ1) is 11.3. The molecule has 0 heterocycles. The first kappa shape index (κ1) is 18.2. The van der Waals surface area contributed by atoms with Gasteiger partial charge in [-0.05, 0) is 36.8 Å². The van der Waals surface area contributed by atoms with Crippen molar-refractivity contribution in [3.8, 4) is 5.75 Å². The third kappa shape index (κ3) is 6.54. The molecule has 1 amide bonds. The van der Waals surface area contributed by atoms with Gasteiger partial charge in [-0.15, -0.1) is 24.9 Å². The van der Waals surface area contributed by atoms with E-state index in [1.54, 1.807) is 0 Å². The van der Waals surface area contributed by atoms with Gasteiger partial charge in [0.2, 0.25) is 5.91 Å². The van der Waals surface area contributed by atoms with Crippen LogP contribution in [-0.2, 0) is 10.5 Å². The van der Waals surface area contributed by atoms with Gasteiger partial charge in [0.1, 0.15) is 5.75 Å². The van der Waals surface area contributed by atoms with Crippen LogP contribution in [0.2, 0.25) is 0 Å². The lowest BCUT2D eigenvalue weighted by Gasteiger charge is -2.10. The van der Waals surface area contributed by atoms with Crippen LogP contribution in [0.4, 0.5) is 18.9 Å². The summed E-state index contributed by atoms with van der Waals surface area (Å²) in [5.41, 5.74) is 2.73. The Balaban J connectivity index is 1.76. The molecule has 2 aromatic rings. The van der Waals surface area contributed by atoms with Gasteiger partial charge in [0.05, 0.1) is 5.75 Å². The van der Waals surface area contributed by atoms with Crippen LogP contribution in [0.1, 0.15) is 11.1 Å². The predicted molar refractivity (Wildman–Crippen MR) is 89.1 cm³/mol. The number of alkyl halides is 3. The Morgan fingerprint density at radius 1 is 1.08 bits per heavy atom. The molecule has 0 aromatic heterocycles. The summed E-state index contributed by atoms with van der Waals surface area (Å²) in [7, 11) is 0. The van der Waals surface area contributed by atoms with Gasteiger partial charge in [0.15, 0.2) is 0 Å². The summed E-state index contributed by atoms with van der Waals surface area (Å²) < 4.78 is 39.9. The lowest BCUT2D eigenvalue weighted by atomic mass is 10.2. The Hall–Kier alpha value is -2.15. The first-order valence-corrected chi connectivity index (χ1v) is 8.26. The summed E-state index contributed by atoms with van der Waals surface area (Å²) in [6, 6.07) is 13.1. The molecule has 24 heavy (non-hydrogen) atoms. The molecule has 0 bridgehead atoms. The molecule has 128 valence electrons. The minimum absolute atomic E-state index is 0.211. The fourth-order valence-electron chi connectivity index (χ4n) is 1.88. The van der Waals surface area contributed by atoms with Crippen LogP contribution < -0.4 is 10.1 Å². The first-order valence-electron chi connectivity index (χ1n) is 7.11. The molecule has 2 rings (SSSR count). The molecule has 0 aliphatic rings. The van der Waals surface area contributed by atoms with Crippen molar-refractivity contribution in [2.45, 2.75) is 19.0 Å². The molecule has 3 nitrogen and oxygen atoms in total. The molecule has 2 aromatic carbocycles. The Bertz CT molecular complexity index is 670. The third-order valence-corrected chi connectivity index (χ3v) is 4.00. The van der Waals surface area contributed by atoms with Gasteiger partial charge in [-0.2, -0.15) is 0 Å². The van der Waals surface area contributed by atoms with Crippen LogP contribution in [0.15, 0.2) is 48.5 Å². The van der Waals surface area contributed by atoms with Crippen molar-refractivity contribution in [1.82, 2.24) is 0 Å². The van der Waals surface area contributed by atoms with E-state index in [4.69, 9.17) is 0 Å². The predicted octanol–water partition coefficient (Wildman–Crippen LogP) is 4.77. The Labute approximate surface area is 142 Å². The zero-order valence-electron chi connectivity index (χ0n) is 12.9. The maximum Gasteiger partial charge on any atom is 0.573 e. The largest absolute Gasteiger partial charge is 0.573 e. The standard InChI is InChI=1S/C17H16F3NO2S/c1-12-2-4-13(5-3-12)10-24-11-16(22)21-14-6-8-15(9-7-14)23-17(18,19)20/h2-9H,10-11H2,1H3,(H,21,22). The van der Waals surface area contributed by atoms with Crippen molar-refractivity contribution in [2.24, 2.45) is 0 Å². The number of amides is 1. The molecule has 0 aliphatic heterocycles. The topological polar surface area (TPSA) is 38.3 Å². The molecule has 0 radical (unpaired) electrons. The summed E-state index contributed by atoms with van der Waals surface area (Å²) >= 11 is 1.47. The molecule has 0 spiro atoms. The van der Waals surface area contributed by atoms with E-state index in [9.17, 15) is 18.0 Å². The number of aryl methyl sites for hydroxylation is 1. The summed E-state index contributed by atoms with van der Waals surface area (Å²) in [6.45, 7) is 2.01. The third-order valence-electron chi connectivity index (χ3n) is 2.99. The van der Waals surface area contributed by atoms with Crippen LogP contribution in [0.25, 0.3) is 0 Å². The van der Waals surface area contributed by atoms with Crippen LogP contribution in [0, 0.1) is 6.92 Å². The second kappa shape index (κ2) is 8.10. The number of carbonyl (C=O) groups excluding carboxylic acids is 1. The smallest absolute Gasteiger partial charge is 0.406 e. The maximum absolute atomic E-state index is 12.1. The maximum atomic E-state index is 12.1. The number of carbonyl (C=O) groups is 1. The Morgan fingerprint density at radius 3 is 2.29 bits per heavy atom. The average Bonchev–Trinajstić information content (AvgIpc) is 2.50. The molecule has 7 heteroatoms. The number of nitrogens with one attached hydrogen (secondary N) is 1. The van der Waals surface area contributed by atoms with Crippen molar-refractivity contribution in [3.05, 3.63) is 59.7 Å². The Kier molecular flexibility index (Phi) is 6.14. The monoisotopic (exact) mass is 355 g/mol. The van der Waals surface area contributed by atoms with E-state index in [0.717, 1.165) is 17.7 Å². The van der Waals surface area contributed by atoms with E-state index in [0.29, 0.717) is 11.4 Å². The fourth-order valence-corrected chi connectivity index (χ4v) is 2.67. The summed E-state index contributed by atoms with van der Waals surface area (Å²) in [6.07, 6.45) is -4.72. The second-order valence-electron chi connectivity index (χ2n) is 5.10. The minimum Gasteiger partial charge on any atom is -0.406 e. The van der Waals surface area contributed by atoms with Crippen molar-refractivity contribution in [3.63, 3.8) is 0 Å². The second-order valence-corrected chi connectivity index (χ2v) is 6.08. The van der Waals surface area contributed by atoms with E-state index < -0.39 is 6.36 Å². The van der Waals surface area contributed by atoms with Crippen molar-refractivity contribution in [1.29, 1.82) is 0 Å². The molecule has 0 saturated carbocycles. The molecule has 0 atom stereocenters. The van der Waals surface area contributed by atoms with Gasteiger partial charge < -0.3 is 10.1 Å². The highest BCUT2D eigenvalue weighted by atomic mass is 32.2. The van der Waals surface area contributed by atoms with Gasteiger partial charge in [-0.1, -0.05) is 29.8 Å². The number of hydrogen-bond donors (Lipinski definition) is 1. The summed E-state index contributed by atoms with van der Waals surface area (Å²) in [5, 5.41) is 2.63. The molecule has 1 N–H and O–H groups in total. The van der Waals surface area contributed by atoms with Crippen LogP contribution in [0.5, 0.6) is 5.75 Å². The molecule has 0 fully saturated rings. The van der Waals surface area contributed by atoms with E-state index in [1.165, 1.54) is 29.5 Å². The van der Waals surface area contributed by atoms with Crippen molar-refractivity contribution in [2.75, 3.05) is 11.1 Å². The summed E-state index contributed by atoms with van der Waals surface area (Å²) in [5.74, 6) is 0.437. The highest BCUT2D eigenvalue weighted by Crippen LogP contribution is 2.24. The number of anilines is 1. The number of halogens is 3. The normalized spacial score (nSPS) is 11.2. The zero-order chi connectivity index (χ0) is 17.6. The van der Waals surface area contributed by atoms with Gasteiger partial charge >= 0.3 is 6.36 Å². The minimum atomic E-state index is -4.72. The van der Waals surface area contributed by atoms with Crippen LogP contribution in [-0.4, -0.2) is 18.0 Å². The van der Waals surface area contributed by atoms with Crippen molar-refractivity contribution >= 4 is 23.4 Å². The average molecular weight is 355 g/mol. The van der Waals surface area contributed by atoms with Gasteiger partial charge in [0.25, 0.3) is 0 Å². The quantitative estimate of drug-likeness (QED) is 0.811. The number of ether oxygens (including phenoxy) is 1. The fraction of sp³-hybridized carbons (Fsp3) is 0.235. The van der Waals surface area contributed by atoms with Gasteiger partial charge in [0, 0.05) is 11.4 Å². The molecular weight excluding hydrogens is 339 g/mol. The van der Waals surface area contributed by atoms with Crippen LogP contribution in [0.3, 0.4) is 0 Å². The van der Waals surface area contributed by atoms with E-state index in [-0.39, 0.29) is 17.4 Å². The number of rotatable bonds is 6. The number of hydrogen-bond acceptors (Lipinski definition) is 3. The summed E-state index contributed by atoms with van der Waals surface area (Å²) in [4.78, 5) is 11.8. The SMILES string of the molecule is Cc1ccc(CSCC(=O)Nc2ccc(OC(F)(F)F)cc2)cc1. The molecule has 0 saturated heterocycles. The highest BCUT2D eigenvalue weighted by Gasteiger charge is 2.30. The zero-order valence-corrected chi connectivity index (χ0v) is 13.7. The molecule has 0 unspecified atom stereocenters. The van der Waals surface area contributed by atoms with Gasteiger partial charge in [-0.25, -0.2) is 0 Å². The highest BCUT2D eigenvalue weighted by molar-refractivity contribution is 7.99. The number of benzene rings is 2. The molecular formula is C17H16F3NO2S. The van der Waals surface area contributed by atoms with E-state index >= 15 is 0 Å². The van der Waals surface area contributed by atoms with Gasteiger partial charge in [-0.3, -0.25) is 4.79 Å². The van der Waals surface area contributed by atoms with E-state index in [1.807, 2.05) is 31.2 Å². The molecule has 0 aliphatic carbocycles. The number of thioether (sulfide) groups is 1. The lowest BCUT2D eigenvalue weighted by Crippen LogP contribution is -2.17.